The van der Waals surface area contributed by atoms with E-state index in [2.05, 4.69) is 0 Å². The molecule has 0 aliphatic rings. The van der Waals surface area contributed by atoms with Crippen LogP contribution >= 0.6 is 0 Å². The van der Waals surface area contributed by atoms with E-state index in [9.17, 15) is 9.59 Å². The lowest BCUT2D eigenvalue weighted by atomic mass is 10.1. The minimum atomic E-state index is -1.08. The fourth-order valence-electron chi connectivity index (χ4n) is 1.29. The average Bonchev–Trinajstić information content (AvgIpc) is 2.33. The molecule has 0 amide bonds. The molecule has 0 bridgehead atoms. The van der Waals surface area contributed by atoms with Gasteiger partial charge in [-0.1, -0.05) is 6.92 Å². The van der Waals surface area contributed by atoms with Crippen LogP contribution in [0.1, 0.15) is 12.5 Å². The maximum Gasteiger partial charge on any atom is 0.341 e. The van der Waals surface area contributed by atoms with Gasteiger partial charge in [0.15, 0.2) is 13.2 Å². The molecule has 2 N–H and O–H groups in total. The van der Waals surface area contributed by atoms with Crippen molar-refractivity contribution in [3.05, 3.63) is 23.8 Å². The highest BCUT2D eigenvalue weighted by Crippen LogP contribution is 2.23. The number of carboxylic acid groups (broad SMARTS) is 2. The molecule has 1 aromatic rings. The lowest BCUT2D eigenvalue weighted by Gasteiger charge is -2.09. The molecule has 1 aromatic carbocycles. The molecule has 0 saturated carbocycles. The SMILES string of the molecule is CCc1cc(OCC(=O)O)cc(OCC(=O)O)c1. The van der Waals surface area contributed by atoms with Gasteiger partial charge in [0, 0.05) is 6.07 Å². The van der Waals surface area contributed by atoms with E-state index in [1.807, 2.05) is 6.92 Å². The van der Waals surface area contributed by atoms with E-state index in [0.29, 0.717) is 17.9 Å². The van der Waals surface area contributed by atoms with Crippen molar-refractivity contribution < 1.29 is 29.3 Å². The number of benzene rings is 1. The Balaban J connectivity index is 2.80. The minimum Gasteiger partial charge on any atom is -0.482 e. The van der Waals surface area contributed by atoms with E-state index < -0.39 is 25.2 Å². The summed E-state index contributed by atoms with van der Waals surface area (Å²) in [4.78, 5) is 20.8. The molecule has 0 heterocycles. The van der Waals surface area contributed by atoms with Crippen LogP contribution in [-0.2, 0) is 16.0 Å². The van der Waals surface area contributed by atoms with Gasteiger partial charge in [-0.15, -0.1) is 0 Å². The minimum absolute atomic E-state index is 0.345. The molecule has 0 atom stereocenters. The molecule has 0 aromatic heterocycles. The summed E-state index contributed by atoms with van der Waals surface area (Å²) >= 11 is 0. The Morgan fingerprint density at radius 2 is 1.44 bits per heavy atom. The second-order valence-electron chi connectivity index (χ2n) is 3.53. The fraction of sp³-hybridized carbons (Fsp3) is 0.333. The van der Waals surface area contributed by atoms with Crippen LogP contribution in [0.25, 0.3) is 0 Å². The second-order valence-corrected chi connectivity index (χ2v) is 3.53. The lowest BCUT2D eigenvalue weighted by molar-refractivity contribution is -0.140. The Bertz CT molecular complexity index is 404. The number of hydrogen-bond acceptors (Lipinski definition) is 4. The molecule has 0 fully saturated rings. The van der Waals surface area contributed by atoms with Gasteiger partial charge in [0.2, 0.25) is 0 Å². The molecule has 6 heteroatoms. The van der Waals surface area contributed by atoms with Crippen LogP contribution in [0.4, 0.5) is 0 Å². The van der Waals surface area contributed by atoms with Crippen LogP contribution in [0.5, 0.6) is 11.5 Å². The molecule has 0 aliphatic carbocycles. The topological polar surface area (TPSA) is 93.1 Å². The van der Waals surface area contributed by atoms with Crippen LogP contribution in [-0.4, -0.2) is 35.4 Å². The Hall–Kier alpha value is -2.24. The number of carbonyl (C=O) groups is 2. The Morgan fingerprint density at radius 3 is 1.78 bits per heavy atom. The first-order valence-corrected chi connectivity index (χ1v) is 5.34. The predicted octanol–water partition coefficient (Wildman–Crippen LogP) is 1.18. The van der Waals surface area contributed by atoms with Gasteiger partial charge in [-0.25, -0.2) is 9.59 Å². The molecule has 98 valence electrons. The predicted molar refractivity (Wildman–Crippen MR) is 62.1 cm³/mol. The van der Waals surface area contributed by atoms with Crippen molar-refractivity contribution in [3.8, 4) is 11.5 Å². The molecule has 6 nitrogen and oxygen atoms in total. The van der Waals surface area contributed by atoms with Crippen LogP contribution in [0, 0.1) is 0 Å². The lowest BCUT2D eigenvalue weighted by Crippen LogP contribution is -2.11. The van der Waals surface area contributed by atoms with Gasteiger partial charge in [-0.2, -0.15) is 0 Å². The van der Waals surface area contributed by atoms with Crippen molar-refractivity contribution >= 4 is 11.9 Å². The van der Waals surface area contributed by atoms with Gasteiger partial charge in [-0.3, -0.25) is 0 Å². The number of carboxylic acids is 2. The third kappa shape index (κ3) is 4.73. The molecule has 1 rings (SSSR count). The number of hydrogen-bond donors (Lipinski definition) is 2. The molecule has 0 spiro atoms. The summed E-state index contributed by atoms with van der Waals surface area (Å²) in [6, 6.07) is 4.85. The summed E-state index contributed by atoms with van der Waals surface area (Å²) in [7, 11) is 0. The highest BCUT2D eigenvalue weighted by molar-refractivity contribution is 5.69. The molecular formula is C12H14O6. The van der Waals surface area contributed by atoms with E-state index >= 15 is 0 Å². The zero-order valence-corrected chi connectivity index (χ0v) is 9.88. The van der Waals surface area contributed by atoms with Gasteiger partial charge in [0.1, 0.15) is 11.5 Å². The van der Waals surface area contributed by atoms with Gasteiger partial charge in [0.25, 0.3) is 0 Å². The highest BCUT2D eigenvalue weighted by atomic mass is 16.5. The smallest absolute Gasteiger partial charge is 0.341 e. The Labute approximate surface area is 104 Å². The van der Waals surface area contributed by atoms with Gasteiger partial charge in [-0.05, 0) is 24.1 Å². The summed E-state index contributed by atoms with van der Waals surface area (Å²) in [5, 5.41) is 17.0. The summed E-state index contributed by atoms with van der Waals surface area (Å²) in [6.07, 6.45) is 0.702. The van der Waals surface area contributed by atoms with Crippen molar-refractivity contribution in [1.29, 1.82) is 0 Å². The quantitative estimate of drug-likeness (QED) is 0.758. The summed E-state index contributed by atoms with van der Waals surface area (Å²) in [5.74, 6) is -1.47. The fourth-order valence-corrected chi connectivity index (χ4v) is 1.29. The van der Waals surface area contributed by atoms with Gasteiger partial charge >= 0.3 is 11.9 Å². The summed E-state index contributed by atoms with van der Waals surface area (Å²) < 4.78 is 10.1. The maximum absolute atomic E-state index is 10.4. The van der Waals surface area contributed by atoms with Crippen LogP contribution in [0.15, 0.2) is 18.2 Å². The first-order chi connectivity index (χ1) is 8.51. The maximum atomic E-state index is 10.4. The zero-order chi connectivity index (χ0) is 13.5. The van der Waals surface area contributed by atoms with Crippen molar-refractivity contribution in [1.82, 2.24) is 0 Å². The Morgan fingerprint density at radius 1 is 1.00 bits per heavy atom. The van der Waals surface area contributed by atoms with Gasteiger partial charge in [0.05, 0.1) is 0 Å². The standard InChI is InChI=1S/C12H14O6/c1-2-8-3-9(17-6-11(13)14)5-10(4-8)18-7-12(15)16/h3-5H,2,6-7H2,1H3,(H,13,14)(H,15,16). The van der Waals surface area contributed by atoms with Crippen molar-refractivity contribution in [2.24, 2.45) is 0 Å². The molecular weight excluding hydrogens is 240 g/mol. The van der Waals surface area contributed by atoms with E-state index in [-0.39, 0.29) is 0 Å². The van der Waals surface area contributed by atoms with Crippen LogP contribution in [0.2, 0.25) is 0 Å². The third-order valence-electron chi connectivity index (χ3n) is 2.07. The largest absolute Gasteiger partial charge is 0.482 e. The first-order valence-electron chi connectivity index (χ1n) is 5.34. The summed E-state index contributed by atoms with van der Waals surface area (Å²) in [5.41, 5.74) is 0.873. The average molecular weight is 254 g/mol. The number of aryl methyl sites for hydroxylation is 1. The normalized spacial score (nSPS) is 9.83. The van der Waals surface area contributed by atoms with Crippen LogP contribution < -0.4 is 9.47 Å². The van der Waals surface area contributed by atoms with E-state index in [1.165, 1.54) is 6.07 Å². The van der Waals surface area contributed by atoms with Crippen molar-refractivity contribution in [2.75, 3.05) is 13.2 Å². The monoisotopic (exact) mass is 254 g/mol. The van der Waals surface area contributed by atoms with E-state index in [0.717, 1.165) is 5.56 Å². The van der Waals surface area contributed by atoms with Crippen LogP contribution in [0.3, 0.4) is 0 Å². The number of rotatable bonds is 7. The molecule has 0 unspecified atom stereocenters. The number of ether oxygens (including phenoxy) is 2. The van der Waals surface area contributed by atoms with Crippen molar-refractivity contribution in [2.45, 2.75) is 13.3 Å². The van der Waals surface area contributed by atoms with Crippen molar-refractivity contribution in [3.63, 3.8) is 0 Å². The highest BCUT2D eigenvalue weighted by Gasteiger charge is 2.06. The zero-order valence-electron chi connectivity index (χ0n) is 9.88. The van der Waals surface area contributed by atoms with E-state index in [1.54, 1.807) is 12.1 Å². The molecule has 0 radical (unpaired) electrons. The van der Waals surface area contributed by atoms with Gasteiger partial charge < -0.3 is 19.7 Å². The molecule has 18 heavy (non-hydrogen) atoms. The summed E-state index contributed by atoms with van der Waals surface area (Å²) in [6.45, 7) is 1.01. The molecule has 0 aliphatic heterocycles. The second kappa shape index (κ2) is 6.48. The van der Waals surface area contributed by atoms with E-state index in [4.69, 9.17) is 19.7 Å². The Kier molecular flexibility index (Phi) is 4.98. The first kappa shape index (κ1) is 13.8. The third-order valence-corrected chi connectivity index (χ3v) is 2.07. The molecule has 0 saturated heterocycles. The number of aliphatic carboxylic acids is 2.